The first-order chi connectivity index (χ1) is 15.7. The van der Waals surface area contributed by atoms with Crippen molar-refractivity contribution in [3.05, 3.63) is 83.9 Å². The molecule has 1 aromatic heterocycles. The molecule has 1 saturated carbocycles. The summed E-state index contributed by atoms with van der Waals surface area (Å²) in [4.78, 5) is 5.04. The minimum Gasteiger partial charge on any atom is -0.489 e. The molecule has 0 aliphatic heterocycles. The molecule has 3 aromatic carbocycles. The average Bonchev–Trinajstić information content (AvgIpc) is 3.50. The zero-order valence-electron chi connectivity index (χ0n) is 18.4. The second-order valence-electron chi connectivity index (χ2n) is 8.64. The summed E-state index contributed by atoms with van der Waals surface area (Å²) in [7, 11) is 0. The molecular weight excluding hydrogens is 398 g/mol. The molecule has 0 saturated heterocycles. The molecule has 164 valence electrons. The lowest BCUT2D eigenvalue weighted by Gasteiger charge is -2.17. The molecule has 0 radical (unpaired) electrons. The first kappa shape index (κ1) is 20.7. The van der Waals surface area contributed by atoms with Crippen LogP contribution in [0.4, 0.5) is 0 Å². The van der Waals surface area contributed by atoms with Crippen LogP contribution in [0.1, 0.15) is 55.8 Å². The molecule has 5 heteroatoms. The van der Waals surface area contributed by atoms with Crippen molar-refractivity contribution < 1.29 is 9.94 Å². The molecule has 5 rings (SSSR count). The molecule has 0 spiro atoms. The highest BCUT2D eigenvalue weighted by Crippen LogP contribution is 2.37. The van der Waals surface area contributed by atoms with Gasteiger partial charge in [0, 0.05) is 11.6 Å². The molecule has 2 N–H and O–H groups in total. The van der Waals surface area contributed by atoms with Gasteiger partial charge in [-0.1, -0.05) is 49.2 Å². The molecule has 1 fully saturated rings. The Morgan fingerprint density at radius 3 is 2.50 bits per heavy atom. The number of hydrogen-bond acceptors (Lipinski definition) is 4. The smallest absolute Gasteiger partial charge is 0.141 e. The molecule has 1 unspecified atom stereocenters. The van der Waals surface area contributed by atoms with Crippen LogP contribution in [-0.4, -0.2) is 14.8 Å². The van der Waals surface area contributed by atoms with E-state index in [1.807, 2.05) is 37.3 Å². The van der Waals surface area contributed by atoms with E-state index in [0.29, 0.717) is 12.6 Å². The van der Waals surface area contributed by atoms with Crippen LogP contribution in [0.15, 0.2) is 72.8 Å². The SMILES string of the molecule is CC(NO)c1ccc2c(c1)nc(-c1ccc(OCc3ccccc3)cc1)n2C1CCCC1. The highest BCUT2D eigenvalue weighted by molar-refractivity contribution is 5.82. The van der Waals surface area contributed by atoms with E-state index < -0.39 is 0 Å². The molecule has 0 amide bonds. The van der Waals surface area contributed by atoms with Gasteiger partial charge in [-0.15, -0.1) is 0 Å². The van der Waals surface area contributed by atoms with Crippen molar-refractivity contribution in [2.75, 3.05) is 0 Å². The number of ether oxygens (including phenoxy) is 1. The van der Waals surface area contributed by atoms with E-state index in [2.05, 4.69) is 52.5 Å². The Bertz CT molecular complexity index is 1180. The summed E-state index contributed by atoms with van der Waals surface area (Å²) in [6.45, 7) is 2.49. The van der Waals surface area contributed by atoms with Crippen molar-refractivity contribution in [1.82, 2.24) is 15.0 Å². The van der Waals surface area contributed by atoms with E-state index in [-0.39, 0.29) is 6.04 Å². The number of aromatic nitrogens is 2. The van der Waals surface area contributed by atoms with E-state index >= 15 is 0 Å². The Balaban J connectivity index is 1.47. The van der Waals surface area contributed by atoms with Crippen molar-refractivity contribution >= 4 is 11.0 Å². The zero-order valence-corrected chi connectivity index (χ0v) is 18.4. The molecule has 1 atom stereocenters. The summed E-state index contributed by atoms with van der Waals surface area (Å²) in [5, 5.41) is 9.33. The van der Waals surface area contributed by atoms with Crippen LogP contribution in [0, 0.1) is 0 Å². The number of imidazole rings is 1. The lowest BCUT2D eigenvalue weighted by atomic mass is 10.1. The lowest BCUT2D eigenvalue weighted by molar-refractivity contribution is 0.133. The Morgan fingerprint density at radius 2 is 1.78 bits per heavy atom. The standard InChI is InChI=1S/C27H29N3O2/c1-19(29-31)22-13-16-26-25(17-22)28-27(30(26)23-9-5-6-10-23)21-11-14-24(15-12-21)32-18-20-7-3-2-4-8-20/h2-4,7-8,11-17,19,23,29,31H,5-6,9-10,18H2,1H3. The van der Waals surface area contributed by atoms with Gasteiger partial charge in [-0.25, -0.2) is 4.98 Å². The maximum Gasteiger partial charge on any atom is 0.141 e. The molecule has 4 aromatic rings. The lowest BCUT2D eigenvalue weighted by Crippen LogP contribution is -2.13. The van der Waals surface area contributed by atoms with Gasteiger partial charge in [0.1, 0.15) is 18.2 Å². The molecular formula is C27H29N3O2. The van der Waals surface area contributed by atoms with E-state index in [1.54, 1.807) is 0 Å². The Kier molecular flexibility index (Phi) is 5.93. The largest absolute Gasteiger partial charge is 0.489 e. The van der Waals surface area contributed by atoms with Crippen molar-refractivity contribution in [1.29, 1.82) is 0 Å². The molecule has 1 heterocycles. The van der Waals surface area contributed by atoms with Crippen molar-refractivity contribution in [2.24, 2.45) is 0 Å². The van der Waals surface area contributed by atoms with E-state index in [1.165, 1.54) is 25.7 Å². The molecule has 0 bridgehead atoms. The van der Waals surface area contributed by atoms with Crippen LogP contribution >= 0.6 is 0 Å². The summed E-state index contributed by atoms with van der Waals surface area (Å²) in [5.41, 5.74) is 7.73. The zero-order chi connectivity index (χ0) is 21.9. The summed E-state index contributed by atoms with van der Waals surface area (Å²) < 4.78 is 8.39. The van der Waals surface area contributed by atoms with Crippen molar-refractivity contribution in [2.45, 2.75) is 51.3 Å². The highest BCUT2D eigenvalue weighted by Gasteiger charge is 2.24. The van der Waals surface area contributed by atoms with Gasteiger partial charge in [-0.3, -0.25) is 0 Å². The molecule has 32 heavy (non-hydrogen) atoms. The van der Waals surface area contributed by atoms with Crippen LogP contribution in [0.3, 0.4) is 0 Å². The normalized spacial score (nSPS) is 15.3. The summed E-state index contributed by atoms with van der Waals surface area (Å²) in [6, 6.07) is 25.1. The first-order valence-corrected chi connectivity index (χ1v) is 11.4. The minimum absolute atomic E-state index is 0.138. The predicted molar refractivity (Wildman–Crippen MR) is 127 cm³/mol. The van der Waals surface area contributed by atoms with E-state index in [4.69, 9.17) is 9.72 Å². The average molecular weight is 428 g/mol. The van der Waals surface area contributed by atoms with Gasteiger partial charge >= 0.3 is 0 Å². The predicted octanol–water partition coefficient (Wildman–Crippen LogP) is 6.44. The number of rotatable bonds is 7. The fourth-order valence-electron chi connectivity index (χ4n) is 4.64. The minimum atomic E-state index is -0.138. The Labute approximate surface area is 188 Å². The number of hydroxylamine groups is 1. The third-order valence-corrected chi connectivity index (χ3v) is 6.46. The van der Waals surface area contributed by atoms with E-state index in [9.17, 15) is 5.21 Å². The van der Waals surface area contributed by atoms with Crippen LogP contribution in [-0.2, 0) is 6.61 Å². The second kappa shape index (κ2) is 9.15. The second-order valence-corrected chi connectivity index (χ2v) is 8.64. The van der Waals surface area contributed by atoms with Crippen molar-refractivity contribution in [3.63, 3.8) is 0 Å². The highest BCUT2D eigenvalue weighted by atomic mass is 16.5. The Morgan fingerprint density at radius 1 is 1.03 bits per heavy atom. The van der Waals surface area contributed by atoms with Gasteiger partial charge in [0.05, 0.1) is 17.1 Å². The van der Waals surface area contributed by atoms with E-state index in [0.717, 1.165) is 39.3 Å². The topological polar surface area (TPSA) is 59.3 Å². The number of hydrogen-bond donors (Lipinski definition) is 2. The molecule has 1 aliphatic carbocycles. The van der Waals surface area contributed by atoms with Gasteiger partial charge in [-0.05, 0) is 67.3 Å². The number of nitrogens with one attached hydrogen (secondary N) is 1. The van der Waals surface area contributed by atoms with Crippen LogP contribution in [0.2, 0.25) is 0 Å². The number of benzene rings is 3. The van der Waals surface area contributed by atoms with Gasteiger partial charge in [0.2, 0.25) is 0 Å². The monoisotopic (exact) mass is 427 g/mol. The third kappa shape index (κ3) is 4.14. The van der Waals surface area contributed by atoms with Crippen LogP contribution in [0.25, 0.3) is 22.4 Å². The van der Waals surface area contributed by atoms with Gasteiger partial charge in [-0.2, -0.15) is 5.48 Å². The number of nitrogens with zero attached hydrogens (tertiary/aromatic N) is 2. The van der Waals surface area contributed by atoms with Crippen molar-refractivity contribution in [3.8, 4) is 17.1 Å². The molecule has 1 aliphatic rings. The third-order valence-electron chi connectivity index (χ3n) is 6.46. The first-order valence-electron chi connectivity index (χ1n) is 11.4. The van der Waals surface area contributed by atoms with Crippen LogP contribution in [0.5, 0.6) is 5.75 Å². The number of fused-ring (bicyclic) bond motifs is 1. The van der Waals surface area contributed by atoms with Gasteiger partial charge in [0.25, 0.3) is 0 Å². The van der Waals surface area contributed by atoms with Crippen LogP contribution < -0.4 is 10.2 Å². The molecule has 5 nitrogen and oxygen atoms in total. The quantitative estimate of drug-likeness (QED) is 0.333. The maximum atomic E-state index is 9.33. The van der Waals surface area contributed by atoms with Gasteiger partial charge < -0.3 is 14.5 Å². The maximum absolute atomic E-state index is 9.33. The summed E-state index contributed by atoms with van der Waals surface area (Å²) in [5.74, 6) is 1.86. The fraction of sp³-hybridized carbons (Fsp3) is 0.296. The Hall–Kier alpha value is -3.15. The summed E-state index contributed by atoms with van der Waals surface area (Å²) >= 11 is 0. The fourth-order valence-corrected chi connectivity index (χ4v) is 4.64. The summed E-state index contributed by atoms with van der Waals surface area (Å²) in [6.07, 6.45) is 4.90. The van der Waals surface area contributed by atoms with Gasteiger partial charge in [0.15, 0.2) is 0 Å².